The minimum atomic E-state index is -3.24. The molecule has 4 nitrogen and oxygen atoms in total. The first kappa shape index (κ1) is 17.7. The van der Waals surface area contributed by atoms with Gasteiger partial charge >= 0.3 is 0 Å². The molecule has 1 atom stereocenters. The standard InChI is InChI=1S/C22H21NO3S/c24-22(12-10-16-9-11-17-5-1-2-6-18(17)15-16)23-20-13-14-27(25,26)21-8-4-3-7-19(20)21/h1-9,11,15,20H,10,12-14H2,(H,23,24). The minimum absolute atomic E-state index is 0.0535. The topological polar surface area (TPSA) is 63.2 Å². The van der Waals surface area contributed by atoms with Crippen molar-refractivity contribution in [1.29, 1.82) is 0 Å². The Balaban J connectivity index is 1.43. The van der Waals surface area contributed by atoms with Crippen LogP contribution in [0.25, 0.3) is 10.8 Å². The van der Waals surface area contributed by atoms with Crippen LogP contribution in [0.4, 0.5) is 0 Å². The predicted octanol–water partition coefficient (Wildman–Crippen LogP) is 3.81. The van der Waals surface area contributed by atoms with Crippen LogP contribution >= 0.6 is 0 Å². The third-order valence-electron chi connectivity index (χ3n) is 5.09. The summed E-state index contributed by atoms with van der Waals surface area (Å²) in [6, 6.07) is 21.1. The minimum Gasteiger partial charge on any atom is -0.349 e. The Bertz CT molecular complexity index is 1110. The van der Waals surface area contributed by atoms with Gasteiger partial charge in [-0.1, -0.05) is 60.7 Å². The van der Waals surface area contributed by atoms with Crippen molar-refractivity contribution in [2.45, 2.75) is 30.2 Å². The van der Waals surface area contributed by atoms with E-state index < -0.39 is 9.84 Å². The largest absolute Gasteiger partial charge is 0.349 e. The van der Waals surface area contributed by atoms with Crippen LogP contribution in [0.3, 0.4) is 0 Å². The molecule has 1 amide bonds. The molecule has 1 aliphatic rings. The van der Waals surface area contributed by atoms with Gasteiger partial charge in [-0.3, -0.25) is 4.79 Å². The highest BCUT2D eigenvalue weighted by Gasteiger charge is 2.30. The molecule has 0 aromatic heterocycles. The Labute approximate surface area is 159 Å². The fraction of sp³-hybridized carbons (Fsp3) is 0.227. The van der Waals surface area contributed by atoms with Gasteiger partial charge in [0.15, 0.2) is 9.84 Å². The van der Waals surface area contributed by atoms with Gasteiger partial charge in [-0.05, 0) is 40.8 Å². The van der Waals surface area contributed by atoms with E-state index in [9.17, 15) is 13.2 Å². The molecule has 0 aliphatic carbocycles. The Kier molecular flexibility index (Phi) is 4.70. The average molecular weight is 379 g/mol. The molecule has 1 heterocycles. The number of carbonyl (C=O) groups is 1. The molecule has 0 radical (unpaired) electrons. The van der Waals surface area contributed by atoms with Crippen molar-refractivity contribution in [3.8, 4) is 0 Å². The van der Waals surface area contributed by atoms with Crippen molar-refractivity contribution in [3.63, 3.8) is 0 Å². The van der Waals surface area contributed by atoms with Gasteiger partial charge < -0.3 is 5.32 Å². The van der Waals surface area contributed by atoms with E-state index in [0.717, 1.165) is 5.56 Å². The molecule has 1 aliphatic heterocycles. The number of carbonyl (C=O) groups excluding carboxylic acids is 1. The lowest BCUT2D eigenvalue weighted by Crippen LogP contribution is -2.34. The first-order valence-corrected chi connectivity index (χ1v) is 10.8. The molecule has 0 saturated carbocycles. The van der Waals surface area contributed by atoms with E-state index in [0.29, 0.717) is 29.7 Å². The van der Waals surface area contributed by atoms with Crippen molar-refractivity contribution in [2.24, 2.45) is 0 Å². The first-order valence-electron chi connectivity index (χ1n) is 9.12. The van der Waals surface area contributed by atoms with E-state index in [-0.39, 0.29) is 17.7 Å². The van der Waals surface area contributed by atoms with E-state index in [4.69, 9.17) is 0 Å². The molecular weight excluding hydrogens is 358 g/mol. The lowest BCUT2D eigenvalue weighted by molar-refractivity contribution is -0.121. The van der Waals surface area contributed by atoms with Crippen LogP contribution in [0.15, 0.2) is 71.6 Å². The molecular formula is C22H21NO3S. The van der Waals surface area contributed by atoms with Crippen LogP contribution < -0.4 is 5.32 Å². The SMILES string of the molecule is O=C(CCc1ccc2ccccc2c1)NC1CCS(=O)(=O)c2ccccc21. The Hall–Kier alpha value is -2.66. The van der Waals surface area contributed by atoms with E-state index in [2.05, 4.69) is 35.6 Å². The number of hydrogen-bond acceptors (Lipinski definition) is 3. The Morgan fingerprint density at radius 2 is 1.70 bits per heavy atom. The summed E-state index contributed by atoms with van der Waals surface area (Å²) in [5.41, 5.74) is 1.82. The summed E-state index contributed by atoms with van der Waals surface area (Å²) in [5.74, 6) is 0.0156. The number of fused-ring (bicyclic) bond motifs is 2. The summed E-state index contributed by atoms with van der Waals surface area (Å²) < 4.78 is 24.4. The van der Waals surface area contributed by atoms with Crippen LogP contribution in [0.1, 0.15) is 30.0 Å². The van der Waals surface area contributed by atoms with Crippen molar-refractivity contribution < 1.29 is 13.2 Å². The van der Waals surface area contributed by atoms with Gasteiger partial charge in [0.25, 0.3) is 0 Å². The van der Waals surface area contributed by atoms with Gasteiger partial charge in [-0.25, -0.2) is 8.42 Å². The zero-order chi connectivity index (χ0) is 18.9. The normalized spacial score (nSPS) is 18.0. The molecule has 3 aromatic carbocycles. The smallest absolute Gasteiger partial charge is 0.220 e. The second kappa shape index (κ2) is 7.16. The molecule has 0 fully saturated rings. The molecule has 1 unspecified atom stereocenters. The van der Waals surface area contributed by atoms with Gasteiger partial charge in [-0.15, -0.1) is 0 Å². The van der Waals surface area contributed by atoms with Gasteiger partial charge in [0, 0.05) is 6.42 Å². The molecule has 0 spiro atoms. The molecule has 138 valence electrons. The van der Waals surface area contributed by atoms with Crippen LogP contribution in [0, 0.1) is 0 Å². The summed E-state index contributed by atoms with van der Waals surface area (Å²) in [6.45, 7) is 0. The molecule has 3 aromatic rings. The van der Waals surface area contributed by atoms with Gasteiger partial charge in [0.1, 0.15) is 0 Å². The van der Waals surface area contributed by atoms with Crippen molar-refractivity contribution >= 4 is 26.5 Å². The third kappa shape index (κ3) is 3.74. The second-order valence-corrected chi connectivity index (χ2v) is 9.02. The van der Waals surface area contributed by atoms with E-state index in [1.165, 1.54) is 10.8 Å². The Morgan fingerprint density at radius 3 is 2.56 bits per heavy atom. The van der Waals surface area contributed by atoms with Crippen LogP contribution in [0.2, 0.25) is 0 Å². The third-order valence-corrected chi connectivity index (χ3v) is 6.91. The van der Waals surface area contributed by atoms with Crippen LogP contribution in [-0.2, 0) is 21.1 Å². The summed E-state index contributed by atoms with van der Waals surface area (Å²) in [5, 5.41) is 5.37. The zero-order valence-corrected chi connectivity index (χ0v) is 15.7. The highest BCUT2D eigenvalue weighted by atomic mass is 32.2. The van der Waals surface area contributed by atoms with E-state index >= 15 is 0 Å². The maximum atomic E-state index is 12.5. The molecule has 27 heavy (non-hydrogen) atoms. The zero-order valence-electron chi connectivity index (χ0n) is 14.9. The molecule has 1 N–H and O–H groups in total. The van der Waals surface area contributed by atoms with Crippen molar-refractivity contribution in [3.05, 3.63) is 77.9 Å². The second-order valence-electron chi connectivity index (χ2n) is 6.95. The highest BCUT2D eigenvalue weighted by molar-refractivity contribution is 7.91. The summed E-state index contributed by atoms with van der Waals surface area (Å²) in [7, 11) is -3.24. The summed E-state index contributed by atoms with van der Waals surface area (Å²) in [6.07, 6.45) is 1.45. The number of benzene rings is 3. The highest BCUT2D eigenvalue weighted by Crippen LogP contribution is 2.31. The number of nitrogens with one attached hydrogen (secondary N) is 1. The molecule has 5 heteroatoms. The molecule has 0 bridgehead atoms. The summed E-state index contributed by atoms with van der Waals surface area (Å²) >= 11 is 0. The number of hydrogen-bond donors (Lipinski definition) is 1. The molecule has 0 saturated heterocycles. The van der Waals surface area contributed by atoms with Crippen molar-refractivity contribution in [2.75, 3.05) is 5.75 Å². The number of aryl methyl sites for hydroxylation is 1. The summed E-state index contributed by atoms with van der Waals surface area (Å²) in [4.78, 5) is 12.8. The monoisotopic (exact) mass is 379 g/mol. The van der Waals surface area contributed by atoms with Crippen LogP contribution in [0.5, 0.6) is 0 Å². The first-order chi connectivity index (χ1) is 13.0. The van der Waals surface area contributed by atoms with Crippen molar-refractivity contribution in [1.82, 2.24) is 5.32 Å². The maximum absolute atomic E-state index is 12.5. The average Bonchev–Trinajstić information content (AvgIpc) is 2.69. The van der Waals surface area contributed by atoms with Gasteiger partial charge in [0.2, 0.25) is 5.91 Å². The van der Waals surface area contributed by atoms with E-state index in [1.807, 2.05) is 18.2 Å². The quantitative estimate of drug-likeness (QED) is 0.750. The van der Waals surface area contributed by atoms with Gasteiger partial charge in [0.05, 0.1) is 16.7 Å². The van der Waals surface area contributed by atoms with Crippen LogP contribution in [-0.4, -0.2) is 20.1 Å². The predicted molar refractivity (Wildman–Crippen MR) is 106 cm³/mol. The van der Waals surface area contributed by atoms with Gasteiger partial charge in [-0.2, -0.15) is 0 Å². The van der Waals surface area contributed by atoms with E-state index in [1.54, 1.807) is 18.2 Å². The lowest BCUT2D eigenvalue weighted by atomic mass is 10.0. The fourth-order valence-electron chi connectivity index (χ4n) is 3.66. The number of sulfone groups is 1. The number of rotatable bonds is 4. The lowest BCUT2D eigenvalue weighted by Gasteiger charge is -2.26. The fourth-order valence-corrected chi connectivity index (χ4v) is 5.28. The molecule has 4 rings (SSSR count). The Morgan fingerprint density at radius 1 is 0.963 bits per heavy atom. The maximum Gasteiger partial charge on any atom is 0.220 e. The number of amides is 1.